The van der Waals surface area contributed by atoms with E-state index in [2.05, 4.69) is 5.32 Å². The number of hydrogen-bond acceptors (Lipinski definition) is 4. The van der Waals surface area contributed by atoms with Crippen molar-refractivity contribution in [1.82, 2.24) is 5.32 Å². The normalized spacial score (nSPS) is 13.5. The van der Waals surface area contributed by atoms with Crippen molar-refractivity contribution in [3.63, 3.8) is 0 Å². The molecule has 1 heterocycles. The Hall–Kier alpha value is -1.92. The molecule has 4 nitrogen and oxygen atoms in total. The number of nitrogens with one attached hydrogen (secondary N) is 1. The first-order valence-electron chi connectivity index (χ1n) is 6.37. The van der Waals surface area contributed by atoms with Crippen LogP contribution in [-0.4, -0.2) is 24.2 Å². The Morgan fingerprint density at radius 2 is 2.10 bits per heavy atom. The van der Waals surface area contributed by atoms with E-state index in [1.807, 2.05) is 16.8 Å². The van der Waals surface area contributed by atoms with E-state index in [1.54, 1.807) is 6.92 Å². The third-order valence-electron chi connectivity index (χ3n) is 2.96. The van der Waals surface area contributed by atoms with E-state index in [4.69, 9.17) is 4.74 Å². The number of aliphatic hydroxyl groups is 1. The van der Waals surface area contributed by atoms with Gasteiger partial charge in [-0.3, -0.25) is 4.79 Å². The van der Waals surface area contributed by atoms with Crippen LogP contribution in [0, 0.1) is 5.82 Å². The predicted octanol–water partition coefficient (Wildman–Crippen LogP) is 2.29. The highest BCUT2D eigenvalue weighted by Gasteiger charge is 2.24. The van der Waals surface area contributed by atoms with E-state index >= 15 is 0 Å². The highest BCUT2D eigenvalue weighted by Crippen LogP contribution is 2.21. The van der Waals surface area contributed by atoms with Gasteiger partial charge < -0.3 is 15.2 Å². The summed E-state index contributed by atoms with van der Waals surface area (Å²) in [5, 5.41) is 16.6. The average Bonchev–Trinajstić information content (AvgIpc) is 3.00. The van der Waals surface area contributed by atoms with Gasteiger partial charge in [0.2, 0.25) is 0 Å². The van der Waals surface area contributed by atoms with Crippen molar-refractivity contribution >= 4 is 17.2 Å². The van der Waals surface area contributed by atoms with Gasteiger partial charge in [-0.05, 0) is 53.6 Å². The minimum atomic E-state index is -1.12. The van der Waals surface area contributed by atoms with Crippen molar-refractivity contribution in [2.75, 3.05) is 13.2 Å². The number of carbonyl (C=O) groups is 1. The van der Waals surface area contributed by atoms with Gasteiger partial charge in [0.05, 0.1) is 6.54 Å². The molecule has 112 valence electrons. The molecule has 21 heavy (non-hydrogen) atoms. The molecule has 0 fully saturated rings. The molecule has 1 amide bonds. The fourth-order valence-electron chi connectivity index (χ4n) is 1.67. The fourth-order valence-corrected chi connectivity index (χ4v) is 2.46. The van der Waals surface area contributed by atoms with Crippen molar-refractivity contribution in [2.45, 2.75) is 12.5 Å². The van der Waals surface area contributed by atoms with E-state index in [9.17, 15) is 14.3 Å². The highest BCUT2D eigenvalue weighted by molar-refractivity contribution is 7.08. The van der Waals surface area contributed by atoms with Crippen LogP contribution >= 0.6 is 11.3 Å². The Labute approximate surface area is 126 Å². The monoisotopic (exact) mass is 309 g/mol. The molecule has 2 aromatic rings. The second-order valence-electron chi connectivity index (χ2n) is 4.81. The lowest BCUT2D eigenvalue weighted by Gasteiger charge is -2.22. The van der Waals surface area contributed by atoms with Crippen molar-refractivity contribution < 1.29 is 19.0 Å². The topological polar surface area (TPSA) is 58.6 Å². The van der Waals surface area contributed by atoms with Crippen LogP contribution in [0.25, 0.3) is 0 Å². The molecule has 0 radical (unpaired) electrons. The SMILES string of the molecule is CC(O)(CNC(=O)COc1ccc(F)cc1)c1ccsc1. The van der Waals surface area contributed by atoms with Crippen LogP contribution in [0.4, 0.5) is 4.39 Å². The van der Waals surface area contributed by atoms with Gasteiger partial charge in [-0.25, -0.2) is 4.39 Å². The molecule has 0 aliphatic rings. The molecule has 0 saturated carbocycles. The zero-order chi connectivity index (χ0) is 15.3. The maximum atomic E-state index is 12.7. The van der Waals surface area contributed by atoms with Crippen molar-refractivity contribution in [3.8, 4) is 5.75 Å². The summed E-state index contributed by atoms with van der Waals surface area (Å²) < 4.78 is 17.9. The summed E-state index contributed by atoms with van der Waals surface area (Å²) in [6.45, 7) is 1.54. The van der Waals surface area contributed by atoms with Crippen LogP contribution in [0.1, 0.15) is 12.5 Å². The van der Waals surface area contributed by atoms with Crippen LogP contribution in [0.3, 0.4) is 0 Å². The zero-order valence-electron chi connectivity index (χ0n) is 11.5. The third kappa shape index (κ3) is 4.54. The lowest BCUT2D eigenvalue weighted by Crippen LogP contribution is -2.40. The van der Waals surface area contributed by atoms with E-state index in [0.29, 0.717) is 5.75 Å². The minimum Gasteiger partial charge on any atom is -0.484 e. The number of benzene rings is 1. The van der Waals surface area contributed by atoms with Crippen LogP contribution < -0.4 is 10.1 Å². The van der Waals surface area contributed by atoms with Gasteiger partial charge >= 0.3 is 0 Å². The van der Waals surface area contributed by atoms with Gasteiger partial charge in [-0.15, -0.1) is 0 Å². The Morgan fingerprint density at radius 1 is 1.38 bits per heavy atom. The molecule has 1 atom stereocenters. The Balaban J connectivity index is 1.78. The van der Waals surface area contributed by atoms with Gasteiger partial charge in [-0.1, -0.05) is 0 Å². The molecular weight excluding hydrogens is 293 g/mol. The van der Waals surface area contributed by atoms with E-state index < -0.39 is 5.60 Å². The number of ether oxygens (including phenoxy) is 1. The van der Waals surface area contributed by atoms with Gasteiger partial charge in [-0.2, -0.15) is 11.3 Å². The van der Waals surface area contributed by atoms with E-state index in [-0.39, 0.29) is 24.9 Å². The predicted molar refractivity (Wildman–Crippen MR) is 78.8 cm³/mol. The first kappa shape index (κ1) is 15.5. The van der Waals surface area contributed by atoms with Crippen molar-refractivity contribution in [3.05, 3.63) is 52.5 Å². The number of thiophene rings is 1. The number of halogens is 1. The second kappa shape index (κ2) is 6.69. The lowest BCUT2D eigenvalue weighted by atomic mass is 9.99. The molecular formula is C15H16FNO3S. The Kier molecular flexibility index (Phi) is 4.93. The van der Waals surface area contributed by atoms with E-state index in [0.717, 1.165) is 5.56 Å². The van der Waals surface area contributed by atoms with Crippen LogP contribution in [-0.2, 0) is 10.4 Å². The number of amides is 1. The Morgan fingerprint density at radius 3 is 2.71 bits per heavy atom. The number of carbonyl (C=O) groups excluding carboxylic acids is 1. The number of hydrogen-bond donors (Lipinski definition) is 2. The molecule has 0 spiro atoms. The van der Waals surface area contributed by atoms with Gasteiger partial charge in [0.25, 0.3) is 5.91 Å². The van der Waals surface area contributed by atoms with E-state index in [1.165, 1.54) is 35.6 Å². The number of rotatable bonds is 6. The molecule has 1 aromatic carbocycles. The molecule has 1 unspecified atom stereocenters. The maximum absolute atomic E-state index is 12.7. The first-order chi connectivity index (χ1) is 9.97. The third-order valence-corrected chi connectivity index (χ3v) is 3.64. The smallest absolute Gasteiger partial charge is 0.258 e. The summed E-state index contributed by atoms with van der Waals surface area (Å²) in [5.41, 5.74) is -0.363. The first-order valence-corrected chi connectivity index (χ1v) is 7.32. The van der Waals surface area contributed by atoms with Crippen molar-refractivity contribution in [2.24, 2.45) is 0 Å². The molecule has 0 aliphatic carbocycles. The quantitative estimate of drug-likeness (QED) is 0.861. The minimum absolute atomic E-state index is 0.0926. The lowest BCUT2D eigenvalue weighted by molar-refractivity contribution is -0.124. The van der Waals surface area contributed by atoms with Gasteiger partial charge in [0.15, 0.2) is 6.61 Å². The fraction of sp³-hybridized carbons (Fsp3) is 0.267. The summed E-state index contributed by atoms with van der Waals surface area (Å²) in [7, 11) is 0. The maximum Gasteiger partial charge on any atom is 0.258 e. The molecule has 2 rings (SSSR count). The average molecular weight is 309 g/mol. The Bertz CT molecular complexity index is 581. The van der Waals surface area contributed by atoms with Gasteiger partial charge in [0.1, 0.15) is 17.2 Å². The summed E-state index contributed by atoms with van der Waals surface area (Å²) in [6, 6.07) is 7.23. The molecule has 0 aliphatic heterocycles. The summed E-state index contributed by atoms with van der Waals surface area (Å²) in [5.74, 6) is -0.301. The molecule has 1 aromatic heterocycles. The van der Waals surface area contributed by atoms with Gasteiger partial charge in [0, 0.05) is 0 Å². The highest BCUT2D eigenvalue weighted by atomic mass is 32.1. The van der Waals surface area contributed by atoms with Crippen LogP contribution in [0.5, 0.6) is 5.75 Å². The summed E-state index contributed by atoms with van der Waals surface area (Å²) in [4.78, 5) is 11.7. The van der Waals surface area contributed by atoms with Crippen molar-refractivity contribution in [1.29, 1.82) is 0 Å². The standard InChI is InChI=1S/C15H16FNO3S/c1-15(19,11-6-7-21-9-11)10-17-14(18)8-20-13-4-2-12(16)3-5-13/h2-7,9,19H,8,10H2,1H3,(H,17,18). The summed E-state index contributed by atoms with van der Waals surface area (Å²) in [6.07, 6.45) is 0. The molecule has 6 heteroatoms. The zero-order valence-corrected chi connectivity index (χ0v) is 12.3. The van der Waals surface area contributed by atoms with Crippen LogP contribution in [0.15, 0.2) is 41.1 Å². The summed E-state index contributed by atoms with van der Waals surface area (Å²) >= 11 is 1.48. The molecule has 2 N–H and O–H groups in total. The molecule has 0 saturated heterocycles. The van der Waals surface area contributed by atoms with Crippen LogP contribution in [0.2, 0.25) is 0 Å². The second-order valence-corrected chi connectivity index (χ2v) is 5.59. The largest absolute Gasteiger partial charge is 0.484 e. The molecule has 0 bridgehead atoms.